The molecule has 0 aliphatic rings. The van der Waals surface area contributed by atoms with E-state index in [0.717, 1.165) is 22.5 Å². The maximum absolute atomic E-state index is 12.3. The topological polar surface area (TPSA) is 85.1 Å². The van der Waals surface area contributed by atoms with E-state index in [2.05, 4.69) is 9.97 Å². The van der Waals surface area contributed by atoms with E-state index < -0.39 is 11.9 Å². The number of aromatic nitrogens is 3. The molecule has 0 bridgehead atoms. The van der Waals surface area contributed by atoms with Gasteiger partial charge in [0.25, 0.3) is 0 Å². The first kappa shape index (κ1) is 15.9. The Morgan fingerprint density at radius 3 is 2.54 bits per heavy atom. The Bertz CT molecular complexity index is 913. The molecule has 1 N–H and O–H groups in total. The zero-order valence-corrected chi connectivity index (χ0v) is 13.4. The Morgan fingerprint density at radius 2 is 1.92 bits per heavy atom. The molecule has 0 saturated heterocycles. The van der Waals surface area contributed by atoms with Gasteiger partial charge in [0.15, 0.2) is 5.78 Å². The van der Waals surface area contributed by atoms with Crippen LogP contribution in [-0.2, 0) is 4.79 Å². The van der Waals surface area contributed by atoms with Crippen molar-refractivity contribution in [2.45, 2.75) is 20.3 Å². The number of aliphatic carboxylic acids is 1. The molecular formula is C18H17N3O3. The molecule has 1 atom stereocenters. The molecule has 0 saturated carbocycles. The van der Waals surface area contributed by atoms with Gasteiger partial charge >= 0.3 is 5.97 Å². The molecule has 0 aliphatic carbocycles. The number of carboxylic acids is 1. The number of hydrogen-bond acceptors (Lipinski definition) is 4. The fourth-order valence-electron chi connectivity index (χ4n) is 2.83. The van der Waals surface area contributed by atoms with Crippen molar-refractivity contribution in [3.05, 3.63) is 54.1 Å². The summed E-state index contributed by atoms with van der Waals surface area (Å²) in [6, 6.07) is 8.81. The lowest BCUT2D eigenvalue weighted by atomic mass is 9.95. The first-order chi connectivity index (χ1) is 11.5. The van der Waals surface area contributed by atoms with Gasteiger partial charge in [-0.05, 0) is 43.7 Å². The maximum atomic E-state index is 12.3. The molecule has 2 heterocycles. The highest BCUT2D eigenvalue weighted by molar-refractivity contribution is 6.08. The third-order valence-corrected chi connectivity index (χ3v) is 4.06. The van der Waals surface area contributed by atoms with Crippen LogP contribution >= 0.6 is 0 Å². The number of carboxylic acid groups (broad SMARTS) is 1. The molecule has 6 heteroatoms. The second-order valence-electron chi connectivity index (χ2n) is 5.57. The molecule has 1 aromatic carbocycles. The average Bonchev–Trinajstić information content (AvgIpc) is 2.91. The van der Waals surface area contributed by atoms with Gasteiger partial charge in [0.2, 0.25) is 0 Å². The maximum Gasteiger partial charge on any atom is 0.314 e. The molecule has 3 aromatic rings. The summed E-state index contributed by atoms with van der Waals surface area (Å²) in [6.07, 6.45) is 3.68. The van der Waals surface area contributed by atoms with Gasteiger partial charge in [0, 0.05) is 17.4 Å². The standard InChI is InChI=1S/C18H17N3O3/c1-3-14(18(23)24)17(22)12-4-6-13(7-5-12)21-11(2)20-15-10-19-9-8-16(15)21/h4-10,14H,3H2,1-2H3,(H,23,24). The number of aryl methyl sites for hydroxylation is 1. The number of hydrogen-bond donors (Lipinski definition) is 1. The summed E-state index contributed by atoms with van der Waals surface area (Å²) in [7, 11) is 0. The molecule has 1 unspecified atom stereocenters. The minimum absolute atomic E-state index is 0.272. The van der Waals surface area contributed by atoms with Crippen LogP contribution in [0.3, 0.4) is 0 Å². The molecule has 0 radical (unpaired) electrons. The Balaban J connectivity index is 1.99. The number of rotatable bonds is 5. The summed E-state index contributed by atoms with van der Waals surface area (Å²) in [5.74, 6) is -1.64. The second-order valence-corrected chi connectivity index (χ2v) is 5.57. The Hall–Kier alpha value is -3.02. The summed E-state index contributed by atoms with van der Waals surface area (Å²) in [6.45, 7) is 3.59. The van der Waals surface area contributed by atoms with Crippen molar-refractivity contribution >= 4 is 22.8 Å². The number of ketones is 1. The zero-order chi connectivity index (χ0) is 17.3. The summed E-state index contributed by atoms with van der Waals surface area (Å²) in [4.78, 5) is 32.0. The molecule has 3 rings (SSSR count). The van der Waals surface area contributed by atoms with Crippen LogP contribution in [0.25, 0.3) is 16.7 Å². The van der Waals surface area contributed by atoms with Gasteiger partial charge in [-0.3, -0.25) is 19.1 Å². The summed E-state index contributed by atoms with van der Waals surface area (Å²) >= 11 is 0. The highest BCUT2D eigenvalue weighted by atomic mass is 16.4. The van der Waals surface area contributed by atoms with Crippen molar-refractivity contribution in [1.82, 2.24) is 14.5 Å². The Labute approximate surface area is 138 Å². The van der Waals surface area contributed by atoms with Crippen LogP contribution in [0.2, 0.25) is 0 Å². The van der Waals surface area contributed by atoms with E-state index in [9.17, 15) is 9.59 Å². The van der Waals surface area contributed by atoms with Crippen molar-refractivity contribution in [3.63, 3.8) is 0 Å². The van der Waals surface area contributed by atoms with Gasteiger partial charge < -0.3 is 5.11 Å². The summed E-state index contributed by atoms with van der Waals surface area (Å²) in [5.41, 5.74) is 2.99. The third-order valence-electron chi connectivity index (χ3n) is 4.06. The molecular weight excluding hydrogens is 306 g/mol. The molecule has 6 nitrogen and oxygen atoms in total. The summed E-state index contributed by atoms with van der Waals surface area (Å²) in [5, 5.41) is 9.13. The largest absolute Gasteiger partial charge is 0.481 e. The Morgan fingerprint density at radius 1 is 1.21 bits per heavy atom. The van der Waals surface area contributed by atoms with Crippen molar-refractivity contribution in [3.8, 4) is 5.69 Å². The molecule has 0 fully saturated rings. The van der Waals surface area contributed by atoms with Crippen LogP contribution in [0.15, 0.2) is 42.7 Å². The van der Waals surface area contributed by atoms with Crippen LogP contribution in [0.1, 0.15) is 29.5 Å². The normalized spacial score (nSPS) is 12.2. The first-order valence-electron chi connectivity index (χ1n) is 7.69. The lowest BCUT2D eigenvalue weighted by Gasteiger charge is -2.11. The van der Waals surface area contributed by atoms with Crippen LogP contribution < -0.4 is 0 Å². The van der Waals surface area contributed by atoms with E-state index in [0.29, 0.717) is 5.56 Å². The van der Waals surface area contributed by atoms with Gasteiger partial charge in [0.05, 0.1) is 11.7 Å². The molecule has 0 aliphatic heterocycles. The minimum atomic E-state index is -1.09. The van der Waals surface area contributed by atoms with Crippen molar-refractivity contribution < 1.29 is 14.7 Å². The highest BCUT2D eigenvalue weighted by Crippen LogP contribution is 2.22. The van der Waals surface area contributed by atoms with Crippen molar-refractivity contribution in [2.24, 2.45) is 5.92 Å². The SMILES string of the molecule is CCC(C(=O)O)C(=O)c1ccc(-n2c(C)nc3cnccc32)cc1. The van der Waals surface area contributed by atoms with E-state index in [1.165, 1.54) is 0 Å². The van der Waals surface area contributed by atoms with Gasteiger partial charge in [0.1, 0.15) is 17.3 Å². The number of carbonyl (C=O) groups excluding carboxylic acids is 1. The fourth-order valence-corrected chi connectivity index (χ4v) is 2.83. The second kappa shape index (κ2) is 6.23. The fraction of sp³-hybridized carbons (Fsp3) is 0.222. The smallest absolute Gasteiger partial charge is 0.314 e. The molecule has 2 aromatic heterocycles. The molecule has 122 valence electrons. The van der Waals surface area contributed by atoms with Gasteiger partial charge in [-0.2, -0.15) is 0 Å². The summed E-state index contributed by atoms with van der Waals surface area (Å²) < 4.78 is 1.97. The Kier molecular flexibility index (Phi) is 4.12. The van der Waals surface area contributed by atoms with Crippen LogP contribution in [0.4, 0.5) is 0 Å². The number of Topliss-reactive ketones (excluding diaryl/α,β-unsaturated/α-hetero) is 1. The predicted octanol–water partition coefficient (Wildman–Crippen LogP) is 3.02. The number of imidazole rings is 1. The van der Waals surface area contributed by atoms with Gasteiger partial charge in [-0.25, -0.2) is 4.98 Å². The van der Waals surface area contributed by atoms with Gasteiger partial charge in [-0.15, -0.1) is 0 Å². The van der Waals surface area contributed by atoms with Crippen molar-refractivity contribution in [2.75, 3.05) is 0 Å². The first-order valence-corrected chi connectivity index (χ1v) is 7.69. The number of benzene rings is 1. The van der Waals surface area contributed by atoms with E-state index >= 15 is 0 Å². The van der Waals surface area contributed by atoms with Crippen LogP contribution in [0.5, 0.6) is 0 Å². The number of fused-ring (bicyclic) bond motifs is 1. The zero-order valence-electron chi connectivity index (χ0n) is 13.4. The van der Waals surface area contributed by atoms with E-state index in [1.54, 1.807) is 43.6 Å². The van der Waals surface area contributed by atoms with Crippen LogP contribution in [-0.4, -0.2) is 31.4 Å². The number of nitrogens with zero attached hydrogens (tertiary/aromatic N) is 3. The molecule has 0 spiro atoms. The van der Waals surface area contributed by atoms with Crippen molar-refractivity contribution in [1.29, 1.82) is 0 Å². The number of pyridine rings is 1. The molecule has 0 amide bonds. The molecule has 24 heavy (non-hydrogen) atoms. The van der Waals surface area contributed by atoms with Gasteiger partial charge in [-0.1, -0.05) is 6.92 Å². The minimum Gasteiger partial charge on any atom is -0.481 e. The lowest BCUT2D eigenvalue weighted by Crippen LogP contribution is -2.23. The highest BCUT2D eigenvalue weighted by Gasteiger charge is 2.25. The lowest BCUT2D eigenvalue weighted by molar-refractivity contribution is -0.140. The number of carbonyl (C=O) groups is 2. The monoisotopic (exact) mass is 323 g/mol. The quantitative estimate of drug-likeness (QED) is 0.576. The average molecular weight is 323 g/mol. The predicted molar refractivity (Wildman–Crippen MR) is 89.3 cm³/mol. The van der Waals surface area contributed by atoms with E-state index in [-0.39, 0.29) is 12.2 Å². The van der Waals surface area contributed by atoms with Crippen LogP contribution in [0, 0.1) is 12.8 Å². The third kappa shape index (κ3) is 2.67. The van der Waals surface area contributed by atoms with E-state index in [4.69, 9.17) is 5.11 Å². The van der Waals surface area contributed by atoms with E-state index in [1.807, 2.05) is 17.6 Å².